The van der Waals surface area contributed by atoms with Crippen LogP contribution in [0.15, 0.2) is 20.4 Å². The van der Waals surface area contributed by atoms with Crippen LogP contribution in [0.3, 0.4) is 0 Å². The van der Waals surface area contributed by atoms with Gasteiger partial charge in [-0.1, -0.05) is 5.16 Å². The maximum absolute atomic E-state index is 5.24. The first kappa shape index (κ1) is 13.0. The zero-order chi connectivity index (χ0) is 11.0. The molecule has 7 heteroatoms. The predicted molar refractivity (Wildman–Crippen MR) is 72.6 cm³/mol. The van der Waals surface area contributed by atoms with Crippen LogP contribution in [0.2, 0.25) is 0 Å². The largest absolute Gasteiger partial charge is 0.339 e. The Balaban J connectivity index is 0.00000108. The van der Waals surface area contributed by atoms with Crippen LogP contribution in [0.4, 0.5) is 0 Å². The van der Waals surface area contributed by atoms with Crippen molar-refractivity contribution in [3.63, 3.8) is 0 Å². The fraction of sp³-hybridized carbons (Fsp3) is 0.400. The number of rotatable bonds is 3. The van der Waals surface area contributed by atoms with Crippen molar-refractivity contribution in [2.24, 2.45) is 5.92 Å². The molecule has 2 aromatic rings. The lowest BCUT2D eigenvalue weighted by Crippen LogP contribution is -2.43. The van der Waals surface area contributed by atoms with Gasteiger partial charge in [-0.2, -0.15) is 4.98 Å². The fourth-order valence-corrected chi connectivity index (χ4v) is 2.96. The maximum atomic E-state index is 5.24. The molecule has 1 N–H and O–H groups in total. The first-order valence-corrected chi connectivity index (χ1v) is 6.76. The van der Waals surface area contributed by atoms with Gasteiger partial charge in [-0.25, -0.2) is 0 Å². The molecule has 0 radical (unpaired) electrons. The van der Waals surface area contributed by atoms with Crippen molar-refractivity contribution in [3.05, 3.63) is 21.8 Å². The first-order valence-electron chi connectivity index (χ1n) is 5.09. The van der Waals surface area contributed by atoms with Crippen LogP contribution in [0, 0.1) is 5.92 Å². The van der Waals surface area contributed by atoms with E-state index in [2.05, 4.69) is 31.4 Å². The van der Waals surface area contributed by atoms with E-state index >= 15 is 0 Å². The summed E-state index contributed by atoms with van der Waals surface area (Å²) in [5.41, 5.74) is 0. The minimum absolute atomic E-state index is 0. The maximum Gasteiger partial charge on any atom is 0.227 e. The minimum atomic E-state index is 0. The van der Waals surface area contributed by atoms with Crippen molar-refractivity contribution in [3.8, 4) is 10.7 Å². The number of nitrogens with one attached hydrogen (secondary N) is 1. The van der Waals surface area contributed by atoms with Gasteiger partial charge in [0, 0.05) is 16.3 Å². The van der Waals surface area contributed by atoms with Gasteiger partial charge in [-0.05, 0) is 41.0 Å². The summed E-state index contributed by atoms with van der Waals surface area (Å²) >= 11 is 5.02. The summed E-state index contributed by atoms with van der Waals surface area (Å²) in [6, 6.07) is 2.00. The van der Waals surface area contributed by atoms with Crippen molar-refractivity contribution in [2.75, 3.05) is 13.1 Å². The highest BCUT2D eigenvalue weighted by atomic mass is 79.9. The summed E-state index contributed by atoms with van der Waals surface area (Å²) in [7, 11) is 0. The average molecular weight is 337 g/mol. The summed E-state index contributed by atoms with van der Waals surface area (Å²) < 4.78 is 6.29. The fourth-order valence-electron chi connectivity index (χ4n) is 1.61. The van der Waals surface area contributed by atoms with E-state index in [9.17, 15) is 0 Å². The topological polar surface area (TPSA) is 51.0 Å². The van der Waals surface area contributed by atoms with E-state index in [1.165, 1.54) is 0 Å². The van der Waals surface area contributed by atoms with Gasteiger partial charge in [0.2, 0.25) is 11.7 Å². The van der Waals surface area contributed by atoms with Crippen LogP contribution < -0.4 is 5.32 Å². The molecule has 0 atom stereocenters. The van der Waals surface area contributed by atoms with E-state index in [1.807, 2.05) is 11.4 Å². The molecular formula is C10H11BrClN3OS. The van der Waals surface area contributed by atoms with Crippen molar-refractivity contribution >= 4 is 39.7 Å². The zero-order valence-electron chi connectivity index (χ0n) is 8.85. The molecule has 1 aliphatic rings. The number of hydrogen-bond acceptors (Lipinski definition) is 5. The van der Waals surface area contributed by atoms with Crippen molar-refractivity contribution < 1.29 is 4.52 Å². The summed E-state index contributed by atoms with van der Waals surface area (Å²) in [6.45, 7) is 2.12. The molecule has 0 saturated carbocycles. The van der Waals surface area contributed by atoms with Crippen LogP contribution in [0.1, 0.15) is 5.89 Å². The lowest BCUT2D eigenvalue weighted by molar-refractivity contribution is 0.296. The van der Waals surface area contributed by atoms with Gasteiger partial charge in [0.15, 0.2) is 0 Å². The quantitative estimate of drug-likeness (QED) is 0.936. The standard InChI is InChI=1S/C10H10BrN3OS.ClH/c11-7-2-8(16-5-7)10-13-9(15-14-10)1-6-3-12-4-6;/h2,5-6,12H,1,3-4H2;1H. The molecule has 0 spiro atoms. The Morgan fingerprint density at radius 2 is 2.35 bits per heavy atom. The van der Waals surface area contributed by atoms with Gasteiger partial charge in [0.25, 0.3) is 0 Å². The molecule has 1 saturated heterocycles. The molecule has 0 aliphatic carbocycles. The van der Waals surface area contributed by atoms with Crippen molar-refractivity contribution in [1.29, 1.82) is 0 Å². The Hall–Kier alpha value is -0.430. The van der Waals surface area contributed by atoms with Crippen LogP contribution in [-0.2, 0) is 6.42 Å². The second kappa shape index (κ2) is 5.48. The van der Waals surface area contributed by atoms with Crippen LogP contribution in [0.25, 0.3) is 10.7 Å². The number of halogens is 2. The number of thiophene rings is 1. The van der Waals surface area contributed by atoms with Gasteiger partial charge in [0.1, 0.15) is 0 Å². The molecular weight excluding hydrogens is 326 g/mol. The lowest BCUT2D eigenvalue weighted by atomic mass is 10.00. The van der Waals surface area contributed by atoms with Crippen LogP contribution in [0.5, 0.6) is 0 Å². The average Bonchev–Trinajstić information content (AvgIpc) is 2.80. The van der Waals surface area contributed by atoms with Gasteiger partial charge < -0.3 is 9.84 Å². The van der Waals surface area contributed by atoms with E-state index in [0.717, 1.165) is 34.8 Å². The highest BCUT2D eigenvalue weighted by Gasteiger charge is 2.20. The summed E-state index contributed by atoms with van der Waals surface area (Å²) in [5, 5.41) is 9.24. The molecule has 3 heterocycles. The molecule has 0 unspecified atom stereocenters. The van der Waals surface area contributed by atoms with Crippen LogP contribution >= 0.6 is 39.7 Å². The third kappa shape index (κ3) is 2.88. The summed E-state index contributed by atoms with van der Waals surface area (Å²) in [4.78, 5) is 5.44. The number of hydrogen-bond donors (Lipinski definition) is 1. The van der Waals surface area contributed by atoms with E-state index in [-0.39, 0.29) is 12.4 Å². The molecule has 1 aliphatic heterocycles. The van der Waals surface area contributed by atoms with E-state index < -0.39 is 0 Å². The highest BCUT2D eigenvalue weighted by Crippen LogP contribution is 2.28. The smallest absolute Gasteiger partial charge is 0.227 e. The van der Waals surface area contributed by atoms with Crippen molar-refractivity contribution in [2.45, 2.75) is 6.42 Å². The van der Waals surface area contributed by atoms with E-state index in [1.54, 1.807) is 11.3 Å². The first-order chi connectivity index (χ1) is 7.81. The Morgan fingerprint density at radius 3 is 2.94 bits per heavy atom. The third-order valence-corrected chi connectivity index (χ3v) is 4.27. The zero-order valence-corrected chi connectivity index (χ0v) is 12.1. The predicted octanol–water partition coefficient (Wildman–Crippen LogP) is 2.74. The summed E-state index contributed by atoms with van der Waals surface area (Å²) in [6.07, 6.45) is 0.881. The normalized spacial score (nSPS) is 15.4. The molecule has 1 fully saturated rings. The minimum Gasteiger partial charge on any atom is -0.339 e. The highest BCUT2D eigenvalue weighted by molar-refractivity contribution is 9.10. The van der Waals surface area contributed by atoms with Gasteiger partial charge in [0.05, 0.1) is 4.88 Å². The molecule has 0 bridgehead atoms. The summed E-state index contributed by atoms with van der Waals surface area (Å²) in [5.74, 6) is 2.09. The Morgan fingerprint density at radius 1 is 1.53 bits per heavy atom. The second-order valence-corrected chi connectivity index (χ2v) is 5.70. The molecule has 2 aromatic heterocycles. The molecule has 0 aromatic carbocycles. The Labute approximate surface area is 117 Å². The number of aromatic nitrogens is 2. The van der Waals surface area contributed by atoms with E-state index in [0.29, 0.717) is 11.7 Å². The second-order valence-electron chi connectivity index (χ2n) is 3.87. The lowest BCUT2D eigenvalue weighted by Gasteiger charge is -2.25. The molecule has 92 valence electrons. The van der Waals surface area contributed by atoms with Gasteiger partial charge in [-0.15, -0.1) is 23.7 Å². The van der Waals surface area contributed by atoms with Gasteiger partial charge >= 0.3 is 0 Å². The Kier molecular flexibility index (Phi) is 4.19. The number of nitrogens with zero attached hydrogens (tertiary/aromatic N) is 2. The van der Waals surface area contributed by atoms with Crippen molar-refractivity contribution in [1.82, 2.24) is 15.5 Å². The van der Waals surface area contributed by atoms with E-state index in [4.69, 9.17) is 4.52 Å². The Bertz CT molecular complexity index is 497. The molecule has 3 rings (SSSR count). The van der Waals surface area contributed by atoms with Gasteiger partial charge in [-0.3, -0.25) is 0 Å². The monoisotopic (exact) mass is 335 g/mol. The molecule has 0 amide bonds. The SMILES string of the molecule is Brc1csc(-c2noc(CC3CNC3)n2)c1.Cl. The van der Waals surface area contributed by atoms with Crippen LogP contribution in [-0.4, -0.2) is 23.2 Å². The molecule has 4 nitrogen and oxygen atoms in total. The molecule has 17 heavy (non-hydrogen) atoms. The third-order valence-electron chi connectivity index (χ3n) is 2.59.